The molecule has 3 rings (SSSR count). The zero-order valence-corrected chi connectivity index (χ0v) is 11.2. The Bertz CT molecular complexity index is 736. The molecule has 0 aliphatic carbocycles. The molecule has 1 aromatic heterocycles. The number of halogens is 1. The number of rotatable bonds is 4. The van der Waals surface area contributed by atoms with E-state index in [0.717, 1.165) is 4.68 Å². The van der Waals surface area contributed by atoms with Crippen molar-refractivity contribution in [1.82, 2.24) is 14.8 Å². The minimum absolute atomic E-state index is 0.0470. The van der Waals surface area contributed by atoms with Crippen molar-refractivity contribution < 1.29 is 23.6 Å². The van der Waals surface area contributed by atoms with E-state index >= 15 is 0 Å². The molecule has 2 heterocycles. The summed E-state index contributed by atoms with van der Waals surface area (Å²) in [5, 5.41) is 4.17. The number of carbonyl (C=O) groups is 3. The molecular weight excluding hydrogens is 293 g/mol. The van der Waals surface area contributed by atoms with Crippen LogP contribution < -0.4 is 0 Å². The summed E-state index contributed by atoms with van der Waals surface area (Å²) in [6.07, 6.45) is 1.30. The van der Waals surface area contributed by atoms with Gasteiger partial charge in [-0.3, -0.25) is 14.3 Å². The minimum atomic E-state index is -0.958. The molecule has 0 unspecified atom stereocenters. The van der Waals surface area contributed by atoms with Crippen molar-refractivity contribution in [3.63, 3.8) is 0 Å². The van der Waals surface area contributed by atoms with Gasteiger partial charge in [-0.1, -0.05) is 17.2 Å². The molecule has 112 valence electrons. The Kier molecular flexibility index (Phi) is 3.42. The Morgan fingerprint density at radius 3 is 2.36 bits per heavy atom. The lowest BCUT2D eigenvalue weighted by atomic mass is 10.1. The van der Waals surface area contributed by atoms with Gasteiger partial charge >= 0.3 is 5.97 Å². The van der Waals surface area contributed by atoms with Gasteiger partial charge in [-0.2, -0.15) is 5.10 Å². The monoisotopic (exact) mass is 303 g/mol. The fourth-order valence-corrected chi connectivity index (χ4v) is 2.14. The van der Waals surface area contributed by atoms with Crippen LogP contribution in [0.2, 0.25) is 0 Å². The van der Waals surface area contributed by atoms with E-state index in [-0.39, 0.29) is 23.4 Å². The highest BCUT2D eigenvalue weighted by Gasteiger charge is 2.39. The predicted octanol–water partition coefficient (Wildman–Crippen LogP) is 1.22. The van der Waals surface area contributed by atoms with Gasteiger partial charge in [0.25, 0.3) is 11.8 Å². The Balaban J connectivity index is 1.82. The lowest BCUT2D eigenvalue weighted by Gasteiger charge is -2.13. The molecule has 7 nitrogen and oxygen atoms in total. The number of amides is 2. The van der Waals surface area contributed by atoms with Gasteiger partial charge in [-0.15, -0.1) is 0 Å². The van der Waals surface area contributed by atoms with Gasteiger partial charge in [0.2, 0.25) is 0 Å². The number of fused-ring (bicyclic) bond motifs is 1. The number of benzene rings is 1. The summed E-state index contributed by atoms with van der Waals surface area (Å²) < 4.78 is 13.5. The molecule has 0 bridgehead atoms. The van der Waals surface area contributed by atoms with E-state index in [9.17, 15) is 18.8 Å². The second kappa shape index (κ2) is 5.40. The quantitative estimate of drug-likeness (QED) is 0.793. The average Bonchev–Trinajstić information content (AvgIpc) is 3.07. The summed E-state index contributed by atoms with van der Waals surface area (Å²) in [5.74, 6) is -2.39. The molecule has 8 heteroatoms. The summed E-state index contributed by atoms with van der Waals surface area (Å²) in [4.78, 5) is 41.0. The summed E-state index contributed by atoms with van der Waals surface area (Å²) in [6, 6.07) is 7.46. The first-order valence-electron chi connectivity index (χ1n) is 6.41. The number of nitrogens with zero attached hydrogens (tertiary/aromatic N) is 3. The number of aryl methyl sites for hydroxylation is 1. The molecule has 0 fully saturated rings. The molecule has 0 saturated carbocycles. The largest absolute Gasteiger partial charge is 0.381 e. The maximum atomic E-state index is 12.4. The van der Waals surface area contributed by atoms with Crippen molar-refractivity contribution in [2.45, 2.75) is 6.54 Å². The van der Waals surface area contributed by atoms with Crippen molar-refractivity contribution >= 4 is 17.8 Å². The molecule has 1 aliphatic heterocycles. The lowest BCUT2D eigenvalue weighted by molar-refractivity contribution is -0.0592. The second-order valence-electron chi connectivity index (χ2n) is 4.46. The van der Waals surface area contributed by atoms with Crippen LogP contribution in [0.5, 0.6) is 0 Å². The van der Waals surface area contributed by atoms with E-state index in [0.29, 0.717) is 5.06 Å². The lowest BCUT2D eigenvalue weighted by Crippen LogP contribution is -2.33. The van der Waals surface area contributed by atoms with Gasteiger partial charge in [0.1, 0.15) is 12.4 Å². The average molecular weight is 303 g/mol. The SMILES string of the molecule is O=C(ON1C(=O)c2ccccc2C1=O)c1ccnn1CCF. The van der Waals surface area contributed by atoms with Crippen molar-refractivity contribution in [3.8, 4) is 0 Å². The summed E-state index contributed by atoms with van der Waals surface area (Å²) in [5.41, 5.74) is 0.282. The van der Waals surface area contributed by atoms with Crippen LogP contribution in [0.15, 0.2) is 36.5 Å². The first kappa shape index (κ1) is 13.9. The Morgan fingerprint density at radius 1 is 1.14 bits per heavy atom. The van der Waals surface area contributed by atoms with E-state index in [4.69, 9.17) is 4.84 Å². The highest BCUT2D eigenvalue weighted by atomic mass is 19.1. The number of hydroxylamine groups is 2. The number of hydrogen-bond acceptors (Lipinski definition) is 5. The van der Waals surface area contributed by atoms with E-state index < -0.39 is 24.5 Å². The van der Waals surface area contributed by atoms with Gasteiger partial charge in [0.05, 0.1) is 17.7 Å². The molecule has 2 aromatic rings. The number of carbonyl (C=O) groups excluding carboxylic acids is 3. The molecule has 0 saturated heterocycles. The molecule has 1 aliphatic rings. The zero-order valence-electron chi connectivity index (χ0n) is 11.2. The van der Waals surface area contributed by atoms with Crippen LogP contribution in [-0.2, 0) is 11.4 Å². The maximum absolute atomic E-state index is 12.4. The van der Waals surface area contributed by atoms with Crippen LogP contribution in [0.1, 0.15) is 31.2 Å². The molecule has 0 atom stereocenters. The van der Waals surface area contributed by atoms with Gasteiger partial charge < -0.3 is 4.84 Å². The normalized spacial score (nSPS) is 13.4. The van der Waals surface area contributed by atoms with Crippen LogP contribution in [0.4, 0.5) is 4.39 Å². The van der Waals surface area contributed by atoms with Crippen molar-refractivity contribution in [3.05, 3.63) is 53.3 Å². The molecular formula is C14H10FN3O4. The Labute approximate surface area is 123 Å². The molecule has 0 N–H and O–H groups in total. The minimum Gasteiger partial charge on any atom is -0.323 e. The van der Waals surface area contributed by atoms with Crippen molar-refractivity contribution in [1.29, 1.82) is 0 Å². The van der Waals surface area contributed by atoms with Gasteiger partial charge in [-0.05, 0) is 18.2 Å². The number of aromatic nitrogens is 2. The van der Waals surface area contributed by atoms with Gasteiger partial charge in [0.15, 0.2) is 0 Å². The molecule has 2 amide bonds. The second-order valence-corrected chi connectivity index (χ2v) is 4.46. The van der Waals surface area contributed by atoms with Gasteiger partial charge in [0, 0.05) is 6.20 Å². The zero-order chi connectivity index (χ0) is 15.7. The molecule has 22 heavy (non-hydrogen) atoms. The summed E-state index contributed by atoms with van der Waals surface area (Å²) in [7, 11) is 0. The van der Waals surface area contributed by atoms with Crippen molar-refractivity contribution in [2.75, 3.05) is 6.67 Å². The van der Waals surface area contributed by atoms with Crippen LogP contribution in [-0.4, -0.2) is 39.3 Å². The van der Waals surface area contributed by atoms with Crippen LogP contribution in [0.3, 0.4) is 0 Å². The fourth-order valence-electron chi connectivity index (χ4n) is 2.14. The predicted molar refractivity (Wildman–Crippen MR) is 70.6 cm³/mol. The number of imide groups is 1. The van der Waals surface area contributed by atoms with Gasteiger partial charge in [-0.25, -0.2) is 9.18 Å². The van der Waals surface area contributed by atoms with Crippen LogP contribution in [0.25, 0.3) is 0 Å². The van der Waals surface area contributed by atoms with E-state index in [1.807, 2.05) is 0 Å². The topological polar surface area (TPSA) is 81.5 Å². The highest BCUT2D eigenvalue weighted by Crippen LogP contribution is 2.23. The summed E-state index contributed by atoms with van der Waals surface area (Å²) >= 11 is 0. The molecule has 1 aromatic carbocycles. The Hall–Kier alpha value is -3.03. The van der Waals surface area contributed by atoms with Crippen LogP contribution >= 0.6 is 0 Å². The standard InChI is InChI=1S/C14H10FN3O4/c15-6-8-17-11(5-7-16-17)14(21)22-18-12(19)9-3-1-2-4-10(9)13(18)20/h1-5,7H,6,8H2. The summed E-state index contributed by atoms with van der Waals surface area (Å²) in [6.45, 7) is -0.839. The third-order valence-corrected chi connectivity index (χ3v) is 3.15. The van der Waals surface area contributed by atoms with Crippen LogP contribution in [0, 0.1) is 0 Å². The maximum Gasteiger partial charge on any atom is 0.381 e. The first-order chi connectivity index (χ1) is 10.6. The van der Waals surface area contributed by atoms with E-state index in [1.54, 1.807) is 12.1 Å². The third-order valence-electron chi connectivity index (χ3n) is 3.15. The fraction of sp³-hybridized carbons (Fsp3) is 0.143. The number of hydrogen-bond donors (Lipinski definition) is 0. The van der Waals surface area contributed by atoms with Crippen molar-refractivity contribution in [2.24, 2.45) is 0 Å². The molecule has 0 radical (unpaired) electrons. The first-order valence-corrected chi connectivity index (χ1v) is 6.41. The highest BCUT2D eigenvalue weighted by molar-refractivity contribution is 6.21. The Morgan fingerprint density at radius 2 is 1.77 bits per heavy atom. The van der Waals surface area contributed by atoms with E-state index in [1.165, 1.54) is 24.4 Å². The number of alkyl halides is 1. The molecule has 0 spiro atoms. The smallest absolute Gasteiger partial charge is 0.323 e. The third kappa shape index (κ3) is 2.14. The van der Waals surface area contributed by atoms with E-state index in [2.05, 4.69) is 5.10 Å².